The molecule has 0 aliphatic heterocycles. The number of carbonyl (C=O) groups is 1. The first-order chi connectivity index (χ1) is 12.5. The number of aromatic amines is 1. The van der Waals surface area contributed by atoms with Gasteiger partial charge in [-0.3, -0.25) is 14.9 Å². The molecule has 0 radical (unpaired) electrons. The molecule has 0 unspecified atom stereocenters. The van der Waals surface area contributed by atoms with E-state index in [4.69, 9.17) is 0 Å². The molecule has 3 rings (SSSR count). The van der Waals surface area contributed by atoms with E-state index in [2.05, 4.69) is 15.4 Å². The van der Waals surface area contributed by atoms with Crippen molar-refractivity contribution in [1.29, 1.82) is 0 Å². The lowest BCUT2D eigenvalue weighted by Gasteiger charge is -2.07. The third-order valence-electron chi connectivity index (χ3n) is 3.61. The van der Waals surface area contributed by atoms with Gasteiger partial charge in [0.2, 0.25) is 12.2 Å². The normalized spacial score (nSPS) is 10.5. The van der Waals surface area contributed by atoms with Crippen LogP contribution >= 0.6 is 11.8 Å². The van der Waals surface area contributed by atoms with Gasteiger partial charge in [-0.2, -0.15) is 5.10 Å². The number of hydrogen-bond donors (Lipinski definition) is 2. The second-order valence-electron chi connectivity index (χ2n) is 5.43. The monoisotopic (exact) mass is 370 g/mol. The Balaban J connectivity index is 1.67. The zero-order valence-electron chi connectivity index (χ0n) is 13.9. The lowest BCUT2D eigenvalue weighted by Crippen LogP contribution is -2.35. The van der Waals surface area contributed by atoms with Crippen molar-refractivity contribution < 1.29 is 14.4 Å². The summed E-state index contributed by atoms with van der Waals surface area (Å²) in [7, 11) is 0. The molecule has 26 heavy (non-hydrogen) atoms. The molecule has 0 spiro atoms. The number of H-pyrrole nitrogens is 1. The fraction of sp³-hybridized carbons (Fsp3) is 0.118. The number of aromatic nitrogens is 3. The number of nitro benzene ring substituents is 1. The van der Waals surface area contributed by atoms with Crippen LogP contribution in [0.15, 0.2) is 60.0 Å². The van der Waals surface area contributed by atoms with Crippen LogP contribution in [0.4, 0.5) is 11.4 Å². The molecule has 0 aliphatic carbocycles. The van der Waals surface area contributed by atoms with Gasteiger partial charge in [-0.25, -0.2) is 0 Å². The molecule has 3 aromatic rings. The first-order valence-electron chi connectivity index (χ1n) is 7.73. The molecule has 1 heterocycles. The summed E-state index contributed by atoms with van der Waals surface area (Å²) in [6.45, 7) is 1.78. The maximum absolute atomic E-state index is 12.2. The quantitative estimate of drug-likeness (QED) is 0.300. The molecule has 8 nitrogen and oxygen atoms in total. The standard InChI is InChI=1S/C17H15N5O3S/c1-12-7-8-14(22(24)25)9-15(12)20-16(23)10-26-17-18-11-19-21(17)13-5-3-2-4-6-13/h2-9,11H,10H2,1H3,(H,20,23)/p+1. The lowest BCUT2D eigenvalue weighted by molar-refractivity contribution is -0.694. The Morgan fingerprint density at radius 1 is 1.31 bits per heavy atom. The van der Waals surface area contributed by atoms with Crippen molar-refractivity contribution >= 4 is 29.0 Å². The molecule has 0 atom stereocenters. The molecule has 0 aliphatic rings. The molecular weight excluding hydrogens is 354 g/mol. The molecule has 2 aromatic carbocycles. The summed E-state index contributed by atoms with van der Waals surface area (Å²) >= 11 is 1.27. The highest BCUT2D eigenvalue weighted by molar-refractivity contribution is 7.99. The van der Waals surface area contributed by atoms with Gasteiger partial charge in [-0.1, -0.05) is 24.3 Å². The highest BCUT2D eigenvalue weighted by Gasteiger charge is 2.19. The van der Waals surface area contributed by atoms with Crippen LogP contribution in [-0.2, 0) is 4.79 Å². The van der Waals surface area contributed by atoms with Gasteiger partial charge in [0.15, 0.2) is 5.69 Å². The van der Waals surface area contributed by atoms with Crippen LogP contribution < -0.4 is 10.00 Å². The minimum absolute atomic E-state index is 0.0622. The van der Waals surface area contributed by atoms with E-state index in [0.29, 0.717) is 10.8 Å². The van der Waals surface area contributed by atoms with E-state index >= 15 is 0 Å². The summed E-state index contributed by atoms with van der Waals surface area (Å²) in [5, 5.41) is 17.2. The predicted molar refractivity (Wildman–Crippen MR) is 97.3 cm³/mol. The molecule has 9 heteroatoms. The Kier molecular flexibility index (Phi) is 5.28. The number of nitro groups is 1. The van der Waals surface area contributed by atoms with Crippen LogP contribution in [0.3, 0.4) is 0 Å². The van der Waals surface area contributed by atoms with Crippen molar-refractivity contribution in [2.24, 2.45) is 0 Å². The van der Waals surface area contributed by atoms with Gasteiger partial charge >= 0.3 is 5.16 Å². The summed E-state index contributed by atoms with van der Waals surface area (Å²) in [6.07, 6.45) is 1.55. The van der Waals surface area contributed by atoms with Gasteiger partial charge in [0.1, 0.15) is 0 Å². The van der Waals surface area contributed by atoms with Gasteiger partial charge < -0.3 is 5.32 Å². The predicted octanol–water partition coefficient (Wildman–Crippen LogP) is 2.63. The molecular formula is C17H16N5O3S+. The zero-order chi connectivity index (χ0) is 18.5. The third-order valence-corrected chi connectivity index (χ3v) is 4.56. The van der Waals surface area contributed by atoms with E-state index in [0.717, 1.165) is 11.3 Å². The average Bonchev–Trinajstić information content (AvgIpc) is 3.11. The number of hydrogen-bond acceptors (Lipinski definition) is 5. The molecule has 132 valence electrons. The summed E-state index contributed by atoms with van der Waals surface area (Å²) < 4.78 is 1.77. The highest BCUT2D eigenvalue weighted by Crippen LogP contribution is 2.22. The molecule has 0 saturated heterocycles. The van der Waals surface area contributed by atoms with Crippen molar-refractivity contribution in [3.8, 4) is 5.69 Å². The van der Waals surface area contributed by atoms with E-state index in [9.17, 15) is 14.9 Å². The maximum Gasteiger partial charge on any atom is 0.385 e. The van der Waals surface area contributed by atoms with Crippen molar-refractivity contribution in [2.75, 3.05) is 11.1 Å². The first-order valence-corrected chi connectivity index (χ1v) is 8.71. The van der Waals surface area contributed by atoms with Crippen LogP contribution in [0.1, 0.15) is 5.56 Å². The summed E-state index contributed by atoms with van der Waals surface area (Å²) in [5.41, 5.74) is 2.03. The Hall–Kier alpha value is -3.20. The summed E-state index contributed by atoms with van der Waals surface area (Å²) in [4.78, 5) is 26.9. The average molecular weight is 370 g/mol. The SMILES string of the molecule is Cc1ccc([N+](=O)[O-])cc1NC(=O)CSc1nc[nH][n+]1-c1ccccc1. The van der Waals surface area contributed by atoms with E-state index in [1.54, 1.807) is 24.0 Å². The molecule has 0 bridgehead atoms. The van der Waals surface area contributed by atoms with Gasteiger partial charge in [0, 0.05) is 12.1 Å². The Bertz CT molecular complexity index is 943. The number of para-hydroxylation sites is 1. The minimum Gasteiger partial charge on any atom is -0.325 e. The first kappa shape index (κ1) is 17.6. The van der Waals surface area contributed by atoms with Crippen LogP contribution in [0, 0.1) is 17.0 Å². The molecule has 1 amide bonds. The summed E-state index contributed by atoms with van der Waals surface area (Å²) in [6, 6.07) is 14.0. The number of carbonyl (C=O) groups excluding carboxylic acids is 1. The van der Waals surface area contributed by atoms with Gasteiger partial charge in [-0.05, 0) is 41.4 Å². The van der Waals surface area contributed by atoms with Crippen LogP contribution in [-0.4, -0.2) is 26.7 Å². The number of anilines is 1. The van der Waals surface area contributed by atoms with Crippen molar-refractivity contribution in [3.05, 3.63) is 70.5 Å². The molecule has 2 N–H and O–H groups in total. The van der Waals surface area contributed by atoms with E-state index < -0.39 is 4.92 Å². The minimum atomic E-state index is -0.490. The Morgan fingerprint density at radius 3 is 2.81 bits per heavy atom. The maximum atomic E-state index is 12.2. The number of aryl methyl sites for hydroxylation is 1. The van der Waals surface area contributed by atoms with E-state index in [1.165, 1.54) is 23.9 Å². The van der Waals surface area contributed by atoms with Gasteiger partial charge in [0.05, 0.1) is 16.4 Å². The van der Waals surface area contributed by atoms with Gasteiger partial charge in [-0.15, -0.1) is 4.68 Å². The Morgan fingerprint density at radius 2 is 2.08 bits per heavy atom. The topological polar surface area (TPSA) is 105 Å². The second kappa shape index (κ2) is 7.79. The van der Waals surface area contributed by atoms with Crippen LogP contribution in [0.5, 0.6) is 0 Å². The van der Waals surface area contributed by atoms with Crippen molar-refractivity contribution in [3.63, 3.8) is 0 Å². The highest BCUT2D eigenvalue weighted by atomic mass is 32.2. The smallest absolute Gasteiger partial charge is 0.325 e. The van der Waals surface area contributed by atoms with Crippen LogP contribution in [0.25, 0.3) is 5.69 Å². The number of thioether (sulfide) groups is 1. The largest absolute Gasteiger partial charge is 0.385 e. The fourth-order valence-electron chi connectivity index (χ4n) is 2.29. The van der Waals surface area contributed by atoms with Crippen molar-refractivity contribution in [1.82, 2.24) is 10.1 Å². The van der Waals surface area contributed by atoms with E-state index in [-0.39, 0.29) is 17.3 Å². The number of amides is 1. The van der Waals surface area contributed by atoms with Crippen LogP contribution in [0.2, 0.25) is 0 Å². The van der Waals surface area contributed by atoms with E-state index in [1.807, 2.05) is 30.3 Å². The zero-order valence-corrected chi connectivity index (χ0v) is 14.7. The van der Waals surface area contributed by atoms with Gasteiger partial charge in [0.25, 0.3) is 5.69 Å². The Labute approximate surface area is 153 Å². The number of nitrogens with zero attached hydrogens (tertiary/aromatic N) is 3. The lowest BCUT2D eigenvalue weighted by atomic mass is 10.2. The molecule has 1 aromatic heterocycles. The number of nitrogens with one attached hydrogen (secondary N) is 2. The summed E-state index contributed by atoms with van der Waals surface area (Å²) in [5.74, 6) is -0.138. The fourth-order valence-corrected chi connectivity index (χ4v) is 3.04. The number of benzene rings is 2. The number of rotatable bonds is 6. The van der Waals surface area contributed by atoms with Crippen molar-refractivity contribution in [2.45, 2.75) is 12.1 Å². The number of non-ortho nitro benzene ring substituents is 1. The third kappa shape index (κ3) is 4.06. The molecule has 0 saturated carbocycles. The molecule has 0 fully saturated rings. The second-order valence-corrected chi connectivity index (χ2v) is 6.38.